The Morgan fingerprint density at radius 3 is 2.86 bits per heavy atom. The Morgan fingerprint density at radius 1 is 1.24 bits per heavy atom. The molecular weight excluding hydrogens is 278 g/mol. The van der Waals surface area contributed by atoms with Gasteiger partial charge < -0.3 is 14.6 Å². The first kappa shape index (κ1) is 13.4. The van der Waals surface area contributed by atoms with E-state index in [-0.39, 0.29) is 5.58 Å². The van der Waals surface area contributed by atoms with Crippen molar-refractivity contribution >= 4 is 22.5 Å². The van der Waals surface area contributed by atoms with E-state index in [9.17, 15) is 8.78 Å². The van der Waals surface area contributed by atoms with Crippen LogP contribution in [0, 0.1) is 5.82 Å². The number of aromatic nitrogens is 1. The summed E-state index contributed by atoms with van der Waals surface area (Å²) in [5, 5.41) is 7.32. The van der Waals surface area contributed by atoms with Crippen molar-refractivity contribution in [3.05, 3.63) is 48.3 Å². The summed E-state index contributed by atoms with van der Waals surface area (Å²) < 4.78 is 36.3. The highest BCUT2D eigenvalue weighted by atomic mass is 19.1. The first-order valence-electron chi connectivity index (χ1n) is 6.35. The van der Waals surface area contributed by atoms with Gasteiger partial charge in [-0.25, -0.2) is 8.78 Å². The molecule has 1 aromatic heterocycles. The molecule has 21 heavy (non-hydrogen) atoms. The third-order valence-electron chi connectivity index (χ3n) is 2.85. The Hall–Kier alpha value is -2.63. The molecule has 3 aromatic rings. The van der Waals surface area contributed by atoms with Gasteiger partial charge in [0.2, 0.25) is 11.9 Å². The fourth-order valence-electron chi connectivity index (χ4n) is 1.99. The maximum atomic E-state index is 13.5. The summed E-state index contributed by atoms with van der Waals surface area (Å²) >= 11 is 0. The van der Waals surface area contributed by atoms with Crippen LogP contribution in [0.25, 0.3) is 11.0 Å². The van der Waals surface area contributed by atoms with Crippen LogP contribution in [0.15, 0.2) is 47.0 Å². The molecule has 0 spiro atoms. The van der Waals surface area contributed by atoms with Gasteiger partial charge in [0.1, 0.15) is 5.75 Å². The van der Waals surface area contributed by atoms with Gasteiger partial charge in [0.25, 0.3) is 0 Å². The molecule has 0 amide bonds. The minimum atomic E-state index is -1.40. The molecule has 1 unspecified atom stereocenters. The van der Waals surface area contributed by atoms with E-state index in [1.54, 1.807) is 36.4 Å². The number of nitrogens with zero attached hydrogens (tertiary/aromatic N) is 1. The lowest BCUT2D eigenvalue weighted by atomic mass is 10.2. The largest absolute Gasteiger partial charge is 0.461 e. The number of hydrogen-bond acceptors (Lipinski definition) is 4. The highest BCUT2D eigenvalue weighted by Gasteiger charge is 2.12. The van der Waals surface area contributed by atoms with E-state index in [1.165, 1.54) is 13.0 Å². The number of para-hydroxylation sites is 1. The van der Waals surface area contributed by atoms with E-state index in [4.69, 9.17) is 9.26 Å². The Balaban J connectivity index is 1.90. The lowest BCUT2D eigenvalue weighted by molar-refractivity contribution is 0.0861. The number of halogens is 2. The molecule has 0 aliphatic rings. The average Bonchev–Trinajstić information content (AvgIpc) is 2.83. The van der Waals surface area contributed by atoms with E-state index in [2.05, 4.69) is 10.5 Å². The molecule has 4 nitrogen and oxygen atoms in total. The summed E-state index contributed by atoms with van der Waals surface area (Å²) in [6.07, 6.45) is -1.40. The van der Waals surface area contributed by atoms with Gasteiger partial charge in [-0.1, -0.05) is 17.3 Å². The predicted molar refractivity (Wildman–Crippen MR) is 74.9 cm³/mol. The molecule has 1 N–H and O–H groups in total. The third kappa shape index (κ3) is 2.79. The third-order valence-corrected chi connectivity index (χ3v) is 2.85. The van der Waals surface area contributed by atoms with Gasteiger partial charge in [-0.15, -0.1) is 0 Å². The molecular formula is C15H12F2N2O2. The Bertz CT molecular complexity index is 771. The van der Waals surface area contributed by atoms with Crippen LogP contribution in [0.5, 0.6) is 5.75 Å². The second-order valence-corrected chi connectivity index (χ2v) is 4.46. The lowest BCUT2D eigenvalue weighted by Gasteiger charge is -2.09. The van der Waals surface area contributed by atoms with E-state index >= 15 is 0 Å². The smallest absolute Gasteiger partial charge is 0.235 e. The molecule has 1 heterocycles. The summed E-state index contributed by atoms with van der Waals surface area (Å²) in [6, 6.07) is 11.3. The van der Waals surface area contributed by atoms with Crippen molar-refractivity contribution < 1.29 is 18.0 Å². The SMILES string of the molecule is CC(F)Oc1cccc(Nc2noc3c(F)cccc23)c1. The maximum absolute atomic E-state index is 13.5. The molecule has 0 saturated carbocycles. The molecule has 0 saturated heterocycles. The van der Waals surface area contributed by atoms with Crippen molar-refractivity contribution in [2.24, 2.45) is 0 Å². The van der Waals surface area contributed by atoms with E-state index < -0.39 is 12.2 Å². The zero-order chi connectivity index (χ0) is 14.8. The first-order valence-corrected chi connectivity index (χ1v) is 6.35. The number of hydrogen-bond donors (Lipinski definition) is 1. The standard InChI is InChI=1S/C15H12F2N2O2/c1-9(16)20-11-5-2-4-10(8-11)18-15-12-6-3-7-13(17)14(12)21-19-15/h2-9H,1H3,(H,18,19). The van der Waals surface area contributed by atoms with Crippen molar-refractivity contribution in [1.29, 1.82) is 0 Å². The Kier molecular flexibility index (Phi) is 3.43. The minimum absolute atomic E-state index is 0.0878. The van der Waals surface area contributed by atoms with Crippen LogP contribution < -0.4 is 10.1 Å². The van der Waals surface area contributed by atoms with Crippen LogP contribution in [0.4, 0.5) is 20.3 Å². The highest BCUT2D eigenvalue weighted by Crippen LogP contribution is 2.28. The fourth-order valence-corrected chi connectivity index (χ4v) is 1.99. The number of alkyl halides is 1. The van der Waals surface area contributed by atoms with Crippen LogP contribution in [-0.4, -0.2) is 11.5 Å². The van der Waals surface area contributed by atoms with E-state index in [1.807, 2.05) is 0 Å². The highest BCUT2D eigenvalue weighted by molar-refractivity contribution is 5.90. The van der Waals surface area contributed by atoms with Crippen LogP contribution in [0.3, 0.4) is 0 Å². The minimum Gasteiger partial charge on any atom is -0.461 e. The molecule has 2 aromatic carbocycles. The molecule has 0 fully saturated rings. The summed E-state index contributed by atoms with van der Waals surface area (Å²) in [5.41, 5.74) is 0.720. The number of nitrogens with one attached hydrogen (secondary N) is 1. The van der Waals surface area contributed by atoms with Crippen molar-refractivity contribution in [1.82, 2.24) is 5.16 Å². The normalized spacial score (nSPS) is 12.3. The predicted octanol–water partition coefficient (Wildman–Crippen LogP) is 4.40. The van der Waals surface area contributed by atoms with Crippen molar-refractivity contribution in [2.45, 2.75) is 13.3 Å². The number of rotatable bonds is 4. The second-order valence-electron chi connectivity index (χ2n) is 4.46. The molecule has 108 valence electrons. The fraction of sp³-hybridized carbons (Fsp3) is 0.133. The Morgan fingerprint density at radius 2 is 2.05 bits per heavy atom. The number of ether oxygens (including phenoxy) is 1. The number of fused-ring (bicyclic) bond motifs is 1. The van der Waals surface area contributed by atoms with E-state index in [0.717, 1.165) is 0 Å². The monoisotopic (exact) mass is 290 g/mol. The van der Waals surface area contributed by atoms with Gasteiger partial charge in [-0.3, -0.25) is 0 Å². The number of benzene rings is 2. The maximum Gasteiger partial charge on any atom is 0.235 e. The zero-order valence-electron chi connectivity index (χ0n) is 11.1. The number of anilines is 2. The Labute approximate surface area is 119 Å². The molecule has 1 atom stereocenters. The summed E-state index contributed by atoms with van der Waals surface area (Å²) in [4.78, 5) is 0. The van der Waals surface area contributed by atoms with Crippen LogP contribution >= 0.6 is 0 Å². The topological polar surface area (TPSA) is 47.3 Å². The molecule has 0 bridgehead atoms. The lowest BCUT2D eigenvalue weighted by Crippen LogP contribution is -2.03. The molecule has 0 radical (unpaired) electrons. The average molecular weight is 290 g/mol. The second kappa shape index (κ2) is 5.40. The van der Waals surface area contributed by atoms with Crippen LogP contribution in [0.1, 0.15) is 6.92 Å². The summed E-state index contributed by atoms with van der Waals surface area (Å²) in [7, 11) is 0. The van der Waals surface area contributed by atoms with Crippen LogP contribution in [-0.2, 0) is 0 Å². The molecule has 0 aliphatic carbocycles. The van der Waals surface area contributed by atoms with Gasteiger partial charge in [0.05, 0.1) is 5.39 Å². The van der Waals surface area contributed by atoms with Gasteiger partial charge >= 0.3 is 0 Å². The van der Waals surface area contributed by atoms with Gasteiger partial charge in [-0.05, 0) is 24.3 Å². The van der Waals surface area contributed by atoms with Gasteiger partial charge in [-0.2, -0.15) is 0 Å². The van der Waals surface area contributed by atoms with Crippen molar-refractivity contribution in [3.63, 3.8) is 0 Å². The van der Waals surface area contributed by atoms with Gasteiger partial charge in [0, 0.05) is 18.7 Å². The van der Waals surface area contributed by atoms with Gasteiger partial charge in [0.15, 0.2) is 11.6 Å². The van der Waals surface area contributed by atoms with Crippen LogP contribution in [0.2, 0.25) is 0 Å². The first-order chi connectivity index (χ1) is 10.1. The van der Waals surface area contributed by atoms with Crippen molar-refractivity contribution in [3.8, 4) is 5.75 Å². The summed E-state index contributed by atoms with van der Waals surface area (Å²) in [6.45, 7) is 1.30. The zero-order valence-corrected chi connectivity index (χ0v) is 11.1. The summed E-state index contributed by atoms with van der Waals surface area (Å²) in [5.74, 6) is 0.292. The molecule has 0 aliphatic heterocycles. The van der Waals surface area contributed by atoms with E-state index in [0.29, 0.717) is 22.6 Å². The molecule has 3 rings (SSSR count). The quantitative estimate of drug-likeness (QED) is 0.773. The van der Waals surface area contributed by atoms with Crippen molar-refractivity contribution in [2.75, 3.05) is 5.32 Å². The molecule has 6 heteroatoms.